The number of halogens is 4. The zero-order valence-electron chi connectivity index (χ0n) is 11.6. The van der Waals surface area contributed by atoms with Crippen molar-refractivity contribution in [1.82, 2.24) is 0 Å². The van der Waals surface area contributed by atoms with E-state index in [0.717, 1.165) is 5.56 Å². The second kappa shape index (κ2) is 7.09. The Bertz CT molecular complexity index is 906. The Morgan fingerprint density at radius 2 is 1.61 bits per heavy atom. The molecule has 0 amide bonds. The van der Waals surface area contributed by atoms with Crippen LogP contribution < -0.4 is 5.43 Å². The van der Waals surface area contributed by atoms with Gasteiger partial charge in [-0.2, -0.15) is 0 Å². The molecule has 0 radical (unpaired) electrons. The molecule has 0 bridgehead atoms. The standard InChI is InChI=1S/C17H10Br3ClO2/c18-13(9-5-7-10(21)8-6-9)14(19)17-15(20)16(22)11-3-1-2-4-12(11)23-17/h1-8,13-14H/t13-,14-/m1/s1. The van der Waals surface area contributed by atoms with Crippen molar-refractivity contribution in [2.45, 2.75) is 9.65 Å². The molecule has 0 spiro atoms. The molecule has 1 aromatic heterocycles. The van der Waals surface area contributed by atoms with Crippen molar-refractivity contribution in [3.8, 4) is 0 Å². The van der Waals surface area contributed by atoms with Gasteiger partial charge >= 0.3 is 0 Å². The van der Waals surface area contributed by atoms with Gasteiger partial charge in [0.25, 0.3) is 0 Å². The van der Waals surface area contributed by atoms with Gasteiger partial charge in [-0.05, 0) is 45.8 Å². The number of para-hydroxylation sites is 1. The Morgan fingerprint density at radius 1 is 0.957 bits per heavy atom. The normalized spacial score (nSPS) is 13.9. The van der Waals surface area contributed by atoms with Crippen LogP contribution in [-0.2, 0) is 0 Å². The maximum atomic E-state index is 12.5. The van der Waals surface area contributed by atoms with Gasteiger partial charge in [0, 0.05) is 5.02 Å². The topological polar surface area (TPSA) is 30.2 Å². The van der Waals surface area contributed by atoms with Crippen LogP contribution in [0.5, 0.6) is 0 Å². The molecular weight excluding hydrogens is 511 g/mol. The van der Waals surface area contributed by atoms with Crippen LogP contribution in [0.1, 0.15) is 21.0 Å². The average molecular weight is 521 g/mol. The van der Waals surface area contributed by atoms with Crippen molar-refractivity contribution in [2.75, 3.05) is 0 Å². The van der Waals surface area contributed by atoms with E-state index in [2.05, 4.69) is 47.8 Å². The van der Waals surface area contributed by atoms with Crippen LogP contribution in [0, 0.1) is 0 Å². The van der Waals surface area contributed by atoms with Crippen molar-refractivity contribution in [3.63, 3.8) is 0 Å². The van der Waals surface area contributed by atoms with E-state index in [1.165, 1.54) is 0 Å². The molecule has 0 N–H and O–H groups in total. The lowest BCUT2D eigenvalue weighted by Crippen LogP contribution is -2.09. The van der Waals surface area contributed by atoms with Crippen LogP contribution in [0.3, 0.4) is 0 Å². The molecule has 0 saturated carbocycles. The lowest BCUT2D eigenvalue weighted by Gasteiger charge is -2.18. The minimum absolute atomic E-state index is 0.0814. The number of hydrogen-bond donors (Lipinski definition) is 0. The summed E-state index contributed by atoms with van der Waals surface area (Å²) in [5.74, 6) is 0.547. The molecule has 23 heavy (non-hydrogen) atoms. The van der Waals surface area contributed by atoms with E-state index in [1.54, 1.807) is 12.1 Å². The third kappa shape index (κ3) is 3.43. The summed E-state index contributed by atoms with van der Waals surface area (Å²) < 4.78 is 6.38. The summed E-state index contributed by atoms with van der Waals surface area (Å²) in [6.45, 7) is 0. The van der Waals surface area contributed by atoms with E-state index in [9.17, 15) is 4.79 Å². The molecule has 0 saturated heterocycles. The summed E-state index contributed by atoms with van der Waals surface area (Å²) in [5.41, 5.74) is 1.51. The predicted octanol–water partition coefficient (Wildman–Crippen LogP) is 6.78. The first-order chi connectivity index (χ1) is 11.0. The molecule has 0 aliphatic rings. The van der Waals surface area contributed by atoms with E-state index >= 15 is 0 Å². The zero-order chi connectivity index (χ0) is 16.6. The van der Waals surface area contributed by atoms with Gasteiger partial charge in [-0.3, -0.25) is 4.79 Å². The van der Waals surface area contributed by atoms with Gasteiger partial charge in [0.1, 0.15) is 15.8 Å². The molecule has 1 heterocycles. The van der Waals surface area contributed by atoms with Crippen molar-refractivity contribution >= 4 is 70.4 Å². The highest BCUT2D eigenvalue weighted by molar-refractivity contribution is 9.12. The van der Waals surface area contributed by atoms with Crippen LogP contribution in [0.4, 0.5) is 0 Å². The summed E-state index contributed by atoms with van der Waals surface area (Å²) in [4.78, 5) is 12.2. The second-order valence-electron chi connectivity index (χ2n) is 4.96. The highest BCUT2D eigenvalue weighted by Gasteiger charge is 2.26. The summed E-state index contributed by atoms with van der Waals surface area (Å²) >= 11 is 16.6. The Labute approximate surface area is 163 Å². The van der Waals surface area contributed by atoms with Crippen LogP contribution >= 0.6 is 59.4 Å². The van der Waals surface area contributed by atoms with Gasteiger partial charge in [0.05, 0.1) is 15.0 Å². The molecule has 0 aliphatic heterocycles. The molecule has 3 rings (SSSR count). The number of fused-ring (bicyclic) bond motifs is 1. The number of benzene rings is 2. The Hall–Kier alpha value is -0.620. The number of hydrogen-bond acceptors (Lipinski definition) is 2. The smallest absolute Gasteiger partial charge is 0.207 e. The molecule has 0 unspecified atom stereocenters. The fraction of sp³-hybridized carbons (Fsp3) is 0.118. The second-order valence-corrected chi connectivity index (χ2v) is 8.16. The van der Waals surface area contributed by atoms with E-state index in [4.69, 9.17) is 16.0 Å². The molecule has 2 atom stereocenters. The quantitative estimate of drug-likeness (QED) is 0.356. The van der Waals surface area contributed by atoms with Gasteiger partial charge in [-0.15, -0.1) is 0 Å². The monoisotopic (exact) mass is 518 g/mol. The zero-order valence-corrected chi connectivity index (χ0v) is 17.1. The Balaban J connectivity index is 2.06. The van der Waals surface area contributed by atoms with Gasteiger partial charge in [-0.1, -0.05) is 67.7 Å². The summed E-state index contributed by atoms with van der Waals surface area (Å²) in [6, 6.07) is 14.7. The Morgan fingerprint density at radius 3 is 2.30 bits per heavy atom. The van der Waals surface area contributed by atoms with Crippen LogP contribution in [0.25, 0.3) is 11.0 Å². The van der Waals surface area contributed by atoms with Gasteiger partial charge in [-0.25, -0.2) is 0 Å². The fourth-order valence-electron chi connectivity index (χ4n) is 2.26. The molecule has 2 aromatic carbocycles. The van der Waals surface area contributed by atoms with E-state index in [-0.39, 0.29) is 15.1 Å². The maximum Gasteiger partial charge on any atom is 0.207 e. The van der Waals surface area contributed by atoms with Crippen LogP contribution in [-0.4, -0.2) is 0 Å². The summed E-state index contributed by atoms with van der Waals surface area (Å²) in [7, 11) is 0. The SMILES string of the molecule is O=c1c(Br)c([C@H](Br)[C@H](Br)c2ccc(Cl)cc2)oc2ccccc12. The van der Waals surface area contributed by atoms with Crippen molar-refractivity contribution in [2.24, 2.45) is 0 Å². The van der Waals surface area contributed by atoms with Crippen LogP contribution in [0.15, 0.2) is 62.2 Å². The van der Waals surface area contributed by atoms with Gasteiger partial charge < -0.3 is 4.42 Å². The molecule has 0 fully saturated rings. The maximum absolute atomic E-state index is 12.5. The molecule has 118 valence electrons. The molecule has 3 aromatic rings. The lowest BCUT2D eigenvalue weighted by atomic mass is 10.1. The van der Waals surface area contributed by atoms with Crippen molar-refractivity contribution in [1.29, 1.82) is 0 Å². The first-order valence-electron chi connectivity index (χ1n) is 6.74. The highest BCUT2D eigenvalue weighted by atomic mass is 79.9. The van der Waals surface area contributed by atoms with E-state index < -0.39 is 0 Å². The van der Waals surface area contributed by atoms with Gasteiger partial charge in [0.15, 0.2) is 0 Å². The fourth-order valence-corrected chi connectivity index (χ4v) is 4.41. The summed E-state index contributed by atoms with van der Waals surface area (Å²) in [6.07, 6.45) is 0. The van der Waals surface area contributed by atoms with Crippen molar-refractivity contribution in [3.05, 3.63) is 79.6 Å². The van der Waals surface area contributed by atoms with Crippen LogP contribution in [0.2, 0.25) is 5.02 Å². The minimum atomic E-state index is -0.227. The van der Waals surface area contributed by atoms with E-state index in [1.807, 2.05) is 36.4 Å². The minimum Gasteiger partial charge on any atom is -0.458 e. The van der Waals surface area contributed by atoms with Gasteiger partial charge in [0.2, 0.25) is 5.43 Å². The average Bonchev–Trinajstić information content (AvgIpc) is 2.57. The molecular formula is C17H10Br3ClO2. The van der Waals surface area contributed by atoms with E-state index in [0.29, 0.717) is 26.2 Å². The first kappa shape index (κ1) is 17.2. The number of rotatable bonds is 3. The largest absolute Gasteiger partial charge is 0.458 e. The predicted molar refractivity (Wildman–Crippen MR) is 105 cm³/mol. The molecule has 6 heteroatoms. The third-order valence-corrected chi connectivity index (χ3v) is 7.18. The summed E-state index contributed by atoms with van der Waals surface area (Å²) in [5, 5.41) is 1.23. The first-order valence-corrected chi connectivity index (χ1v) is 9.74. The highest BCUT2D eigenvalue weighted by Crippen LogP contribution is 2.44. The molecule has 0 aliphatic carbocycles. The Kier molecular flexibility index (Phi) is 5.31. The lowest BCUT2D eigenvalue weighted by molar-refractivity contribution is 0.527. The number of alkyl halides is 2. The molecule has 2 nitrogen and oxygen atoms in total. The third-order valence-electron chi connectivity index (χ3n) is 3.46. The van der Waals surface area contributed by atoms with Crippen molar-refractivity contribution < 1.29 is 4.42 Å².